The summed E-state index contributed by atoms with van der Waals surface area (Å²) >= 11 is 1.37. The molecule has 2 rings (SSSR count). The number of nitrogens with two attached hydrogens (primary N) is 1. The van der Waals surface area contributed by atoms with Crippen molar-refractivity contribution >= 4 is 17.2 Å². The molecule has 78 valence electrons. The minimum Gasteiger partial charge on any atom is -0.409 e. The fraction of sp³-hybridized carbons (Fsp3) is 0.167. The Morgan fingerprint density at radius 1 is 1.60 bits per heavy atom. The number of rotatable bonds is 2. The van der Waals surface area contributed by atoms with Crippen LogP contribution in [0.4, 0.5) is 0 Å². The predicted octanol–water partition coefficient (Wildman–Crippen LogP) is -0.478. The molecule has 0 atom stereocenters. The molecule has 0 radical (unpaired) electrons. The topological polar surface area (TPSA) is 115 Å². The number of nitrogens with zero attached hydrogens (tertiary/aromatic N) is 6. The molecule has 2 aromatic rings. The van der Waals surface area contributed by atoms with Gasteiger partial charge in [0.25, 0.3) is 0 Å². The van der Waals surface area contributed by atoms with Gasteiger partial charge in [-0.05, 0) is 6.92 Å². The fourth-order valence-electron chi connectivity index (χ4n) is 0.896. The minimum absolute atomic E-state index is 0.144. The van der Waals surface area contributed by atoms with Crippen molar-refractivity contribution in [2.75, 3.05) is 0 Å². The molecule has 15 heavy (non-hydrogen) atoms. The molecule has 2 heterocycles. The van der Waals surface area contributed by atoms with E-state index >= 15 is 0 Å². The summed E-state index contributed by atoms with van der Waals surface area (Å²) in [5.41, 5.74) is 5.32. The lowest BCUT2D eigenvalue weighted by molar-refractivity contribution is 0.318. The summed E-state index contributed by atoms with van der Waals surface area (Å²) in [4.78, 5) is 3.85. The summed E-state index contributed by atoms with van der Waals surface area (Å²) < 4.78 is 1.41. The van der Waals surface area contributed by atoms with E-state index in [0.717, 1.165) is 5.01 Å². The van der Waals surface area contributed by atoms with Gasteiger partial charge in [0.15, 0.2) is 0 Å². The number of hydrogen-bond acceptors (Lipinski definition) is 7. The SMILES string of the molecule is Cc1nnc(-n2cnc(C(N)=NO)n2)s1. The van der Waals surface area contributed by atoms with Crippen LogP contribution in [-0.4, -0.2) is 36.0 Å². The molecule has 0 amide bonds. The molecule has 0 aromatic carbocycles. The van der Waals surface area contributed by atoms with Gasteiger partial charge in [-0.3, -0.25) is 0 Å². The first-order valence-corrected chi connectivity index (χ1v) is 4.72. The van der Waals surface area contributed by atoms with Gasteiger partial charge in [0.1, 0.15) is 11.3 Å². The van der Waals surface area contributed by atoms with Crippen molar-refractivity contribution in [3.05, 3.63) is 17.2 Å². The molecule has 8 nitrogen and oxygen atoms in total. The van der Waals surface area contributed by atoms with E-state index in [1.54, 1.807) is 0 Å². The first-order chi connectivity index (χ1) is 7.20. The Bertz CT molecular complexity index is 501. The highest BCUT2D eigenvalue weighted by Gasteiger charge is 2.09. The molecule has 0 fully saturated rings. The Hall–Kier alpha value is -2.03. The van der Waals surface area contributed by atoms with E-state index in [1.807, 2.05) is 6.92 Å². The number of oxime groups is 1. The van der Waals surface area contributed by atoms with Crippen LogP contribution >= 0.6 is 11.3 Å². The van der Waals surface area contributed by atoms with Crippen molar-refractivity contribution in [1.82, 2.24) is 25.0 Å². The normalized spacial score (nSPS) is 11.9. The summed E-state index contributed by atoms with van der Waals surface area (Å²) in [6, 6.07) is 0. The zero-order valence-corrected chi connectivity index (χ0v) is 8.51. The lowest BCUT2D eigenvalue weighted by Crippen LogP contribution is -2.15. The van der Waals surface area contributed by atoms with E-state index in [1.165, 1.54) is 22.3 Å². The zero-order chi connectivity index (χ0) is 10.8. The van der Waals surface area contributed by atoms with Crippen molar-refractivity contribution in [3.8, 4) is 5.13 Å². The van der Waals surface area contributed by atoms with Gasteiger partial charge in [0, 0.05) is 0 Å². The predicted molar refractivity (Wildman–Crippen MR) is 52.1 cm³/mol. The van der Waals surface area contributed by atoms with Crippen LogP contribution in [0.5, 0.6) is 0 Å². The second kappa shape index (κ2) is 3.61. The number of aryl methyl sites for hydroxylation is 1. The number of aromatic nitrogens is 5. The third-order valence-corrected chi connectivity index (χ3v) is 2.37. The molecule has 0 saturated carbocycles. The van der Waals surface area contributed by atoms with Crippen LogP contribution < -0.4 is 5.73 Å². The highest BCUT2D eigenvalue weighted by atomic mass is 32.1. The van der Waals surface area contributed by atoms with Crippen molar-refractivity contribution < 1.29 is 5.21 Å². The van der Waals surface area contributed by atoms with Gasteiger partial charge in [-0.1, -0.05) is 16.5 Å². The first kappa shape index (κ1) is 9.52. The zero-order valence-electron chi connectivity index (χ0n) is 7.69. The first-order valence-electron chi connectivity index (χ1n) is 3.90. The quantitative estimate of drug-likeness (QED) is 0.309. The molecule has 0 aliphatic rings. The summed E-state index contributed by atoms with van der Waals surface area (Å²) in [7, 11) is 0. The third-order valence-electron chi connectivity index (χ3n) is 1.54. The summed E-state index contributed by atoms with van der Waals surface area (Å²) in [5.74, 6) is 0.000315. The fourth-order valence-corrected chi connectivity index (χ4v) is 1.51. The molecule has 0 aliphatic carbocycles. The van der Waals surface area contributed by atoms with Gasteiger partial charge in [0.05, 0.1) is 0 Å². The molecular weight excluding hydrogens is 218 g/mol. The molecule has 0 spiro atoms. The van der Waals surface area contributed by atoms with Crippen LogP contribution in [0.15, 0.2) is 11.5 Å². The Morgan fingerprint density at radius 2 is 2.40 bits per heavy atom. The largest absolute Gasteiger partial charge is 0.409 e. The van der Waals surface area contributed by atoms with Gasteiger partial charge < -0.3 is 10.9 Å². The lowest BCUT2D eigenvalue weighted by Gasteiger charge is -1.90. The minimum atomic E-state index is -0.144. The Labute approximate surface area is 88.1 Å². The molecule has 0 unspecified atom stereocenters. The number of hydrogen-bond donors (Lipinski definition) is 2. The van der Waals surface area contributed by atoms with Gasteiger partial charge in [-0.2, -0.15) is 4.68 Å². The maximum atomic E-state index is 8.42. The Balaban J connectivity index is 2.35. The molecule has 2 aromatic heterocycles. The monoisotopic (exact) mass is 225 g/mol. The van der Waals surface area contributed by atoms with Crippen LogP contribution in [0.1, 0.15) is 10.8 Å². The van der Waals surface area contributed by atoms with E-state index in [9.17, 15) is 0 Å². The van der Waals surface area contributed by atoms with Crippen LogP contribution in [0.25, 0.3) is 5.13 Å². The average Bonchev–Trinajstić information content (AvgIpc) is 2.84. The molecule has 3 N–H and O–H groups in total. The van der Waals surface area contributed by atoms with E-state index < -0.39 is 0 Å². The smallest absolute Gasteiger partial charge is 0.234 e. The number of amidine groups is 1. The highest BCUT2D eigenvalue weighted by Crippen LogP contribution is 2.11. The average molecular weight is 225 g/mol. The van der Waals surface area contributed by atoms with Gasteiger partial charge in [-0.25, -0.2) is 4.98 Å². The maximum Gasteiger partial charge on any atom is 0.234 e. The molecule has 9 heteroatoms. The van der Waals surface area contributed by atoms with Gasteiger partial charge >= 0.3 is 0 Å². The van der Waals surface area contributed by atoms with Crippen LogP contribution in [0.2, 0.25) is 0 Å². The molecule has 0 saturated heterocycles. The summed E-state index contributed by atoms with van der Waals surface area (Å²) in [5, 5.41) is 24.3. The van der Waals surface area contributed by atoms with Crippen LogP contribution in [-0.2, 0) is 0 Å². The second-order valence-corrected chi connectivity index (χ2v) is 3.76. The Morgan fingerprint density at radius 3 is 3.00 bits per heavy atom. The van der Waals surface area contributed by atoms with E-state index in [0.29, 0.717) is 5.13 Å². The van der Waals surface area contributed by atoms with Crippen molar-refractivity contribution in [3.63, 3.8) is 0 Å². The van der Waals surface area contributed by atoms with E-state index in [2.05, 4.69) is 25.4 Å². The molecular formula is C6H7N7OS. The highest BCUT2D eigenvalue weighted by molar-refractivity contribution is 7.13. The van der Waals surface area contributed by atoms with Gasteiger partial charge in [-0.15, -0.1) is 15.3 Å². The van der Waals surface area contributed by atoms with Crippen LogP contribution in [0, 0.1) is 6.92 Å². The second-order valence-electron chi connectivity index (χ2n) is 2.60. The maximum absolute atomic E-state index is 8.42. The summed E-state index contributed by atoms with van der Waals surface area (Å²) in [6.07, 6.45) is 1.42. The van der Waals surface area contributed by atoms with Crippen molar-refractivity contribution in [2.45, 2.75) is 6.92 Å². The van der Waals surface area contributed by atoms with Crippen molar-refractivity contribution in [2.24, 2.45) is 10.9 Å². The van der Waals surface area contributed by atoms with E-state index in [4.69, 9.17) is 10.9 Å². The lowest BCUT2D eigenvalue weighted by atomic mass is 10.6. The summed E-state index contributed by atoms with van der Waals surface area (Å²) in [6.45, 7) is 1.84. The molecule has 0 aliphatic heterocycles. The van der Waals surface area contributed by atoms with Gasteiger partial charge in [0.2, 0.25) is 16.8 Å². The molecule has 0 bridgehead atoms. The Kier molecular flexibility index (Phi) is 2.29. The standard InChI is InChI=1S/C6H7N7OS/c1-3-9-10-6(15-3)13-2-8-5(11-13)4(7)12-14/h2,14H,1H3,(H2,7,12). The van der Waals surface area contributed by atoms with Crippen molar-refractivity contribution in [1.29, 1.82) is 0 Å². The van der Waals surface area contributed by atoms with E-state index in [-0.39, 0.29) is 11.7 Å². The van der Waals surface area contributed by atoms with Crippen LogP contribution in [0.3, 0.4) is 0 Å². The third kappa shape index (κ3) is 1.76.